The number of hydrogen-bond donors (Lipinski definition) is 1. The van der Waals surface area contributed by atoms with Crippen molar-refractivity contribution in [3.05, 3.63) is 0 Å². The minimum absolute atomic E-state index is 0.237. The van der Waals surface area contributed by atoms with E-state index < -0.39 is 12.0 Å². The van der Waals surface area contributed by atoms with E-state index in [2.05, 4.69) is 0 Å². The highest BCUT2D eigenvalue weighted by molar-refractivity contribution is 6.23. The van der Waals surface area contributed by atoms with Gasteiger partial charge in [0.05, 0.1) is 0 Å². The molecule has 0 saturated carbocycles. The summed E-state index contributed by atoms with van der Waals surface area (Å²) in [5.74, 6) is -1.35. The van der Waals surface area contributed by atoms with Gasteiger partial charge in [-0.05, 0) is 6.42 Å². The Morgan fingerprint density at radius 1 is 1.80 bits per heavy atom. The maximum Gasteiger partial charge on any atom is 0.327 e. The minimum atomic E-state index is -1.04. The summed E-state index contributed by atoms with van der Waals surface area (Å²) in [6, 6.07) is -0.825. The molecule has 5 heteroatoms. The molecule has 1 aliphatic rings. The molecular weight excluding hydrogens is 158 g/mol. The van der Waals surface area contributed by atoms with E-state index in [0.29, 0.717) is 6.42 Å². The molecule has 1 rings (SSSR count). The molecule has 4 nitrogen and oxygen atoms in total. The summed E-state index contributed by atoms with van der Waals surface area (Å²) in [6.07, 6.45) is 0.554. The van der Waals surface area contributed by atoms with Gasteiger partial charge < -0.3 is 5.11 Å². The SMILES string of the molecule is O=C(O)[C@@H]1CCC(=O)N1Cl. The number of aliphatic carboxylic acids is 1. The number of rotatable bonds is 1. The number of carboxylic acid groups (broad SMARTS) is 1. The predicted molar refractivity (Wildman–Crippen MR) is 33.4 cm³/mol. The van der Waals surface area contributed by atoms with Gasteiger partial charge in [-0.2, -0.15) is 0 Å². The molecule has 0 aromatic heterocycles. The fraction of sp³-hybridized carbons (Fsp3) is 0.600. The molecule has 1 saturated heterocycles. The minimum Gasteiger partial charge on any atom is -0.480 e. The van der Waals surface area contributed by atoms with Gasteiger partial charge in [-0.25, -0.2) is 9.21 Å². The van der Waals surface area contributed by atoms with Crippen molar-refractivity contribution < 1.29 is 14.7 Å². The van der Waals surface area contributed by atoms with Gasteiger partial charge in [-0.1, -0.05) is 0 Å². The molecule has 0 radical (unpaired) electrons. The molecule has 1 fully saturated rings. The normalized spacial score (nSPS) is 25.5. The number of carbonyl (C=O) groups is 2. The highest BCUT2D eigenvalue weighted by atomic mass is 35.5. The van der Waals surface area contributed by atoms with Crippen LogP contribution in [0.5, 0.6) is 0 Å². The summed E-state index contributed by atoms with van der Waals surface area (Å²) in [5, 5.41) is 8.42. The molecule has 0 unspecified atom stereocenters. The Morgan fingerprint density at radius 3 is 2.60 bits per heavy atom. The van der Waals surface area contributed by atoms with Crippen molar-refractivity contribution in [3.63, 3.8) is 0 Å². The van der Waals surface area contributed by atoms with Gasteiger partial charge >= 0.3 is 5.97 Å². The van der Waals surface area contributed by atoms with Gasteiger partial charge in [0.1, 0.15) is 6.04 Å². The van der Waals surface area contributed by atoms with Gasteiger partial charge in [-0.15, -0.1) is 0 Å². The van der Waals surface area contributed by atoms with E-state index in [1.54, 1.807) is 0 Å². The largest absolute Gasteiger partial charge is 0.480 e. The molecule has 0 aromatic carbocycles. The van der Waals surface area contributed by atoms with E-state index in [0.717, 1.165) is 4.42 Å². The van der Waals surface area contributed by atoms with E-state index in [1.807, 2.05) is 0 Å². The molecule has 1 aliphatic heterocycles. The third-order valence-corrected chi connectivity index (χ3v) is 1.85. The summed E-state index contributed by atoms with van der Waals surface area (Å²) >= 11 is 5.33. The Bertz CT molecular complexity index is 182. The summed E-state index contributed by atoms with van der Waals surface area (Å²) in [4.78, 5) is 20.9. The summed E-state index contributed by atoms with van der Waals surface area (Å²) in [6.45, 7) is 0. The average Bonchev–Trinajstić information content (AvgIpc) is 2.14. The van der Waals surface area contributed by atoms with Crippen LogP contribution in [0.1, 0.15) is 12.8 Å². The first-order chi connectivity index (χ1) is 4.63. The van der Waals surface area contributed by atoms with Crippen molar-refractivity contribution in [2.24, 2.45) is 0 Å². The molecule has 0 spiro atoms. The van der Waals surface area contributed by atoms with Gasteiger partial charge in [0.25, 0.3) is 0 Å². The zero-order chi connectivity index (χ0) is 7.72. The number of carbonyl (C=O) groups excluding carboxylic acids is 1. The fourth-order valence-corrected chi connectivity index (χ4v) is 1.14. The summed E-state index contributed by atoms with van der Waals surface area (Å²) in [5.41, 5.74) is 0. The van der Waals surface area contributed by atoms with Crippen molar-refractivity contribution in [1.29, 1.82) is 0 Å². The molecule has 0 bridgehead atoms. The first kappa shape index (κ1) is 7.34. The topological polar surface area (TPSA) is 57.6 Å². The smallest absolute Gasteiger partial charge is 0.327 e. The molecule has 1 heterocycles. The first-order valence-electron chi connectivity index (χ1n) is 2.83. The van der Waals surface area contributed by atoms with Crippen LogP contribution in [0.3, 0.4) is 0 Å². The number of nitrogens with zero attached hydrogens (tertiary/aromatic N) is 1. The maximum absolute atomic E-state index is 10.6. The lowest BCUT2D eigenvalue weighted by Crippen LogP contribution is -2.30. The van der Waals surface area contributed by atoms with Crippen molar-refractivity contribution in [1.82, 2.24) is 4.42 Å². The Labute approximate surface area is 62.5 Å². The second-order valence-corrected chi connectivity index (χ2v) is 2.46. The Kier molecular flexibility index (Phi) is 1.80. The third-order valence-electron chi connectivity index (χ3n) is 1.43. The van der Waals surface area contributed by atoms with Gasteiger partial charge in [0.15, 0.2) is 0 Å². The molecular formula is C5H6ClNO3. The van der Waals surface area contributed by atoms with Gasteiger partial charge in [-0.3, -0.25) is 4.79 Å². The predicted octanol–water partition coefficient (Wildman–Crippen LogP) is 0.216. The summed E-state index contributed by atoms with van der Waals surface area (Å²) in [7, 11) is 0. The van der Waals surface area contributed by atoms with E-state index in [4.69, 9.17) is 16.9 Å². The van der Waals surface area contributed by atoms with Gasteiger partial charge in [0.2, 0.25) is 5.91 Å². The maximum atomic E-state index is 10.6. The van der Waals surface area contributed by atoms with Gasteiger partial charge in [0, 0.05) is 18.2 Å². The summed E-state index contributed by atoms with van der Waals surface area (Å²) < 4.78 is 0.752. The molecule has 0 aliphatic carbocycles. The molecule has 56 valence electrons. The van der Waals surface area contributed by atoms with Crippen LogP contribution in [0.25, 0.3) is 0 Å². The second-order valence-electron chi connectivity index (χ2n) is 2.10. The van der Waals surface area contributed by atoms with E-state index >= 15 is 0 Å². The molecule has 0 aromatic rings. The average molecular weight is 164 g/mol. The Balaban J connectivity index is 2.66. The quantitative estimate of drug-likeness (QED) is 0.563. The highest BCUT2D eigenvalue weighted by Crippen LogP contribution is 2.20. The van der Waals surface area contributed by atoms with Crippen LogP contribution in [-0.4, -0.2) is 27.4 Å². The lowest BCUT2D eigenvalue weighted by Gasteiger charge is -2.10. The Morgan fingerprint density at radius 2 is 2.40 bits per heavy atom. The van der Waals surface area contributed by atoms with Crippen molar-refractivity contribution in [2.45, 2.75) is 18.9 Å². The first-order valence-corrected chi connectivity index (χ1v) is 3.17. The third kappa shape index (κ3) is 1.07. The Hall–Kier alpha value is -0.770. The molecule has 1 amide bonds. The van der Waals surface area contributed by atoms with Crippen molar-refractivity contribution in [2.75, 3.05) is 0 Å². The van der Waals surface area contributed by atoms with E-state index in [1.165, 1.54) is 0 Å². The van der Waals surface area contributed by atoms with Crippen LogP contribution in [0.15, 0.2) is 0 Å². The monoisotopic (exact) mass is 163 g/mol. The van der Waals surface area contributed by atoms with Crippen LogP contribution in [0.4, 0.5) is 0 Å². The number of amides is 1. The highest BCUT2D eigenvalue weighted by Gasteiger charge is 2.34. The second kappa shape index (κ2) is 2.46. The number of hydrogen-bond acceptors (Lipinski definition) is 2. The van der Waals surface area contributed by atoms with Crippen LogP contribution in [0, 0.1) is 0 Å². The van der Waals surface area contributed by atoms with Crippen LogP contribution in [0.2, 0.25) is 0 Å². The zero-order valence-electron chi connectivity index (χ0n) is 5.08. The van der Waals surface area contributed by atoms with Crippen LogP contribution < -0.4 is 0 Å². The standard InChI is InChI=1S/C5H6ClNO3/c6-7-3(5(9)10)1-2-4(7)8/h3H,1-2H2,(H,9,10)/t3-/m0/s1. The van der Waals surface area contributed by atoms with Crippen molar-refractivity contribution >= 4 is 23.7 Å². The number of halogens is 1. The van der Waals surface area contributed by atoms with Crippen molar-refractivity contribution in [3.8, 4) is 0 Å². The van der Waals surface area contributed by atoms with Crippen LogP contribution >= 0.6 is 11.8 Å². The van der Waals surface area contributed by atoms with E-state index in [-0.39, 0.29) is 12.3 Å². The number of carboxylic acids is 1. The lowest BCUT2D eigenvalue weighted by atomic mass is 10.2. The zero-order valence-corrected chi connectivity index (χ0v) is 5.84. The van der Waals surface area contributed by atoms with Crippen LogP contribution in [-0.2, 0) is 9.59 Å². The lowest BCUT2D eigenvalue weighted by molar-refractivity contribution is -0.143. The molecule has 1 atom stereocenters. The van der Waals surface area contributed by atoms with E-state index in [9.17, 15) is 9.59 Å². The molecule has 10 heavy (non-hydrogen) atoms. The fourth-order valence-electron chi connectivity index (χ4n) is 0.875. The molecule has 1 N–H and O–H groups in total.